The molecule has 104 valence electrons. The molecular weight excluding hydrogens is 248 g/mol. The third-order valence-corrected chi connectivity index (χ3v) is 2.01. The summed E-state index contributed by atoms with van der Waals surface area (Å²) in [6.07, 6.45) is -0.579. The van der Waals surface area contributed by atoms with Gasteiger partial charge in [0.2, 0.25) is 0 Å². The zero-order valence-corrected chi connectivity index (χ0v) is 11.4. The van der Waals surface area contributed by atoms with Gasteiger partial charge in [0.15, 0.2) is 0 Å². The molecule has 0 spiro atoms. The number of hydrogen-bond acceptors (Lipinski definition) is 5. The second-order valence-electron chi connectivity index (χ2n) is 4.82. The van der Waals surface area contributed by atoms with E-state index in [1.54, 1.807) is 45.0 Å². The number of benzene rings is 1. The predicted octanol–water partition coefficient (Wildman–Crippen LogP) is 2.32. The fraction of sp³-hybridized carbons (Fsp3) is 0.385. The molecule has 0 radical (unpaired) electrons. The molecule has 0 aliphatic carbocycles. The van der Waals surface area contributed by atoms with Gasteiger partial charge in [0.1, 0.15) is 5.60 Å². The van der Waals surface area contributed by atoms with Crippen molar-refractivity contribution in [3.05, 3.63) is 29.8 Å². The second kappa shape index (κ2) is 6.08. The number of esters is 1. The lowest BCUT2D eigenvalue weighted by Crippen LogP contribution is -2.35. The van der Waals surface area contributed by atoms with E-state index in [0.717, 1.165) is 0 Å². The minimum Gasteiger partial charge on any atom is -0.465 e. The van der Waals surface area contributed by atoms with Gasteiger partial charge in [-0.3, -0.25) is 5.43 Å². The Hall–Kier alpha value is -2.24. The minimum absolute atomic E-state index is 0.411. The fourth-order valence-corrected chi connectivity index (χ4v) is 1.23. The first-order valence-electron chi connectivity index (χ1n) is 5.75. The quantitative estimate of drug-likeness (QED) is 0.648. The van der Waals surface area contributed by atoms with Crippen LogP contribution in [0.3, 0.4) is 0 Å². The van der Waals surface area contributed by atoms with Crippen molar-refractivity contribution in [3.8, 4) is 0 Å². The van der Waals surface area contributed by atoms with Crippen LogP contribution >= 0.6 is 0 Å². The lowest BCUT2D eigenvalue weighted by Gasteiger charge is -2.20. The van der Waals surface area contributed by atoms with Gasteiger partial charge in [0, 0.05) is 0 Å². The first-order valence-corrected chi connectivity index (χ1v) is 5.75. The van der Waals surface area contributed by atoms with E-state index in [0.29, 0.717) is 11.3 Å². The third-order valence-electron chi connectivity index (χ3n) is 2.01. The molecule has 0 saturated heterocycles. The van der Waals surface area contributed by atoms with Crippen molar-refractivity contribution in [2.45, 2.75) is 26.4 Å². The van der Waals surface area contributed by atoms with Gasteiger partial charge < -0.3 is 9.47 Å². The predicted molar refractivity (Wildman–Crippen MR) is 70.8 cm³/mol. The van der Waals surface area contributed by atoms with Crippen LogP contribution in [0.2, 0.25) is 0 Å². The summed E-state index contributed by atoms with van der Waals surface area (Å²) in [4.78, 5) is 22.6. The monoisotopic (exact) mass is 266 g/mol. The number of hydrogen-bond donors (Lipinski definition) is 2. The molecule has 0 aliphatic rings. The molecule has 1 amide bonds. The molecule has 0 bridgehead atoms. The van der Waals surface area contributed by atoms with Crippen LogP contribution in [0.15, 0.2) is 24.3 Å². The smallest absolute Gasteiger partial charge is 0.426 e. The molecule has 0 heterocycles. The number of hydrazine groups is 1. The highest BCUT2D eigenvalue weighted by Gasteiger charge is 2.15. The van der Waals surface area contributed by atoms with Gasteiger partial charge in [-0.2, -0.15) is 0 Å². The minimum atomic E-state index is -0.579. The number of nitrogens with one attached hydrogen (secondary N) is 2. The van der Waals surface area contributed by atoms with Gasteiger partial charge in [0.25, 0.3) is 0 Å². The summed E-state index contributed by atoms with van der Waals surface area (Å²) < 4.78 is 9.63. The number of amides is 1. The highest BCUT2D eigenvalue weighted by atomic mass is 16.6. The molecule has 1 aromatic carbocycles. The Kier molecular flexibility index (Phi) is 4.74. The summed E-state index contributed by atoms with van der Waals surface area (Å²) in [7, 11) is 1.32. The van der Waals surface area contributed by atoms with Crippen LogP contribution in [0.5, 0.6) is 0 Å². The van der Waals surface area contributed by atoms with Crippen molar-refractivity contribution < 1.29 is 19.1 Å². The first kappa shape index (κ1) is 14.8. The molecular formula is C13H18N2O4. The molecule has 0 unspecified atom stereocenters. The number of anilines is 1. The van der Waals surface area contributed by atoms with Crippen LogP contribution in [0.25, 0.3) is 0 Å². The fourth-order valence-electron chi connectivity index (χ4n) is 1.23. The number of methoxy groups -OCH3 is 1. The Morgan fingerprint density at radius 3 is 2.16 bits per heavy atom. The molecule has 2 N–H and O–H groups in total. The standard InChI is InChI=1S/C13H18N2O4/c1-13(2,3)19-12(17)15-14-10-7-5-9(6-8-10)11(16)18-4/h5-8,14H,1-4H3,(H,15,17). The highest BCUT2D eigenvalue weighted by Crippen LogP contribution is 2.10. The largest absolute Gasteiger partial charge is 0.465 e. The molecule has 0 saturated carbocycles. The van der Waals surface area contributed by atoms with Crippen LogP contribution in [0.1, 0.15) is 31.1 Å². The van der Waals surface area contributed by atoms with Crippen molar-refractivity contribution in [3.63, 3.8) is 0 Å². The van der Waals surface area contributed by atoms with E-state index in [1.165, 1.54) is 7.11 Å². The topological polar surface area (TPSA) is 76.7 Å². The van der Waals surface area contributed by atoms with E-state index < -0.39 is 17.7 Å². The Balaban J connectivity index is 2.50. The van der Waals surface area contributed by atoms with Crippen molar-refractivity contribution in [1.82, 2.24) is 5.43 Å². The lowest BCUT2D eigenvalue weighted by molar-refractivity contribution is 0.0539. The van der Waals surface area contributed by atoms with E-state index in [2.05, 4.69) is 15.6 Å². The molecule has 6 heteroatoms. The van der Waals surface area contributed by atoms with Crippen LogP contribution in [-0.2, 0) is 9.47 Å². The average Bonchev–Trinajstić information content (AvgIpc) is 2.34. The van der Waals surface area contributed by atoms with Crippen molar-refractivity contribution in [2.24, 2.45) is 0 Å². The van der Waals surface area contributed by atoms with E-state index in [-0.39, 0.29) is 0 Å². The summed E-state index contributed by atoms with van der Waals surface area (Å²) >= 11 is 0. The summed E-state index contributed by atoms with van der Waals surface area (Å²) in [6.45, 7) is 5.33. The van der Waals surface area contributed by atoms with E-state index in [9.17, 15) is 9.59 Å². The summed E-state index contributed by atoms with van der Waals surface area (Å²) in [5.74, 6) is -0.411. The molecule has 0 aliphatic heterocycles. The maximum atomic E-state index is 11.4. The Morgan fingerprint density at radius 2 is 1.68 bits per heavy atom. The molecule has 6 nitrogen and oxygen atoms in total. The Morgan fingerprint density at radius 1 is 1.11 bits per heavy atom. The van der Waals surface area contributed by atoms with Gasteiger partial charge in [-0.25, -0.2) is 15.0 Å². The van der Waals surface area contributed by atoms with Gasteiger partial charge >= 0.3 is 12.1 Å². The maximum absolute atomic E-state index is 11.4. The molecule has 1 aromatic rings. The van der Waals surface area contributed by atoms with Gasteiger partial charge in [0.05, 0.1) is 18.4 Å². The number of carbonyl (C=O) groups is 2. The SMILES string of the molecule is COC(=O)c1ccc(NNC(=O)OC(C)(C)C)cc1. The lowest BCUT2D eigenvalue weighted by atomic mass is 10.2. The first-order chi connectivity index (χ1) is 8.81. The van der Waals surface area contributed by atoms with Gasteiger partial charge in [-0.1, -0.05) is 0 Å². The summed E-state index contributed by atoms with van der Waals surface area (Å²) in [5.41, 5.74) is 5.57. The summed E-state index contributed by atoms with van der Waals surface area (Å²) in [6, 6.07) is 6.46. The number of ether oxygens (including phenoxy) is 2. The van der Waals surface area contributed by atoms with E-state index in [1.807, 2.05) is 0 Å². The molecule has 0 fully saturated rings. The van der Waals surface area contributed by atoms with Crippen LogP contribution < -0.4 is 10.9 Å². The van der Waals surface area contributed by atoms with Crippen LogP contribution in [0.4, 0.5) is 10.5 Å². The van der Waals surface area contributed by atoms with Gasteiger partial charge in [-0.15, -0.1) is 0 Å². The number of carbonyl (C=O) groups excluding carboxylic acids is 2. The van der Waals surface area contributed by atoms with Crippen molar-refractivity contribution in [2.75, 3.05) is 12.5 Å². The Bertz CT molecular complexity index is 449. The molecule has 19 heavy (non-hydrogen) atoms. The van der Waals surface area contributed by atoms with E-state index >= 15 is 0 Å². The number of rotatable bonds is 3. The normalized spacial score (nSPS) is 10.5. The van der Waals surface area contributed by atoms with Crippen molar-refractivity contribution in [1.29, 1.82) is 0 Å². The highest BCUT2D eigenvalue weighted by molar-refractivity contribution is 5.89. The zero-order chi connectivity index (χ0) is 14.5. The second-order valence-corrected chi connectivity index (χ2v) is 4.82. The molecule has 1 rings (SSSR count). The maximum Gasteiger partial charge on any atom is 0.426 e. The Labute approximate surface area is 112 Å². The van der Waals surface area contributed by atoms with Crippen molar-refractivity contribution >= 4 is 17.7 Å². The van der Waals surface area contributed by atoms with Crippen LogP contribution in [-0.4, -0.2) is 24.8 Å². The summed E-state index contributed by atoms with van der Waals surface area (Å²) in [5, 5.41) is 0. The average molecular weight is 266 g/mol. The van der Waals surface area contributed by atoms with E-state index in [4.69, 9.17) is 4.74 Å². The van der Waals surface area contributed by atoms with Crippen LogP contribution in [0, 0.1) is 0 Å². The zero-order valence-electron chi connectivity index (χ0n) is 11.4. The van der Waals surface area contributed by atoms with Gasteiger partial charge in [-0.05, 0) is 45.0 Å². The molecule has 0 atom stereocenters. The molecule has 0 aromatic heterocycles. The third kappa shape index (κ3) is 5.29.